The van der Waals surface area contributed by atoms with Crippen LogP contribution in [-0.4, -0.2) is 9.55 Å². The van der Waals surface area contributed by atoms with Gasteiger partial charge in [0.15, 0.2) is 0 Å². The van der Waals surface area contributed by atoms with Crippen molar-refractivity contribution >= 4 is 16.6 Å². The van der Waals surface area contributed by atoms with Gasteiger partial charge in [-0.3, -0.25) is 4.98 Å². The third kappa shape index (κ3) is 3.80. The Kier molecular flexibility index (Phi) is 5.95. The van der Waals surface area contributed by atoms with E-state index >= 15 is 0 Å². The van der Waals surface area contributed by atoms with Crippen molar-refractivity contribution in [2.24, 2.45) is 0 Å². The highest BCUT2D eigenvalue weighted by Gasteiger charge is 2.44. The zero-order valence-electron chi connectivity index (χ0n) is 22.0. The molecule has 3 aromatic rings. The summed E-state index contributed by atoms with van der Waals surface area (Å²) in [5.41, 5.74) is 5.46. The molecule has 33 heavy (non-hydrogen) atoms. The van der Waals surface area contributed by atoms with Crippen LogP contribution >= 0.6 is 0 Å². The van der Waals surface area contributed by atoms with Gasteiger partial charge in [0.05, 0.1) is 23.2 Å². The van der Waals surface area contributed by atoms with Crippen molar-refractivity contribution in [2.45, 2.75) is 117 Å². The van der Waals surface area contributed by atoms with Gasteiger partial charge in [0.2, 0.25) is 0 Å². The molecule has 0 saturated heterocycles. The first-order valence-corrected chi connectivity index (χ1v) is 12.9. The fourth-order valence-electron chi connectivity index (χ4n) is 5.80. The van der Waals surface area contributed by atoms with Crippen molar-refractivity contribution in [3.05, 3.63) is 51.7 Å². The van der Waals surface area contributed by atoms with Crippen LogP contribution in [0.25, 0.3) is 16.6 Å². The van der Waals surface area contributed by atoms with E-state index in [9.17, 15) is 4.79 Å². The van der Waals surface area contributed by atoms with Crippen LogP contribution in [0.1, 0.15) is 111 Å². The minimum atomic E-state index is -0.203. The van der Waals surface area contributed by atoms with Crippen LogP contribution in [-0.2, 0) is 22.8 Å². The average Bonchev–Trinajstić information content (AvgIpc) is 2.76. The topological polar surface area (TPSA) is 39.0 Å². The number of hydrogen-bond acceptors (Lipinski definition) is 2. The molecule has 4 heteroatoms. The monoisotopic (exact) mass is 448 g/mol. The summed E-state index contributed by atoms with van der Waals surface area (Å²) in [6, 6.07) is 6.40. The van der Waals surface area contributed by atoms with Gasteiger partial charge in [0.25, 0.3) is 5.65 Å². The van der Waals surface area contributed by atoms with Gasteiger partial charge >= 0.3 is 5.56 Å². The number of pyridine rings is 2. The first-order valence-electron chi connectivity index (χ1n) is 12.9. The molecule has 0 aliphatic carbocycles. The quantitative estimate of drug-likeness (QED) is 0.240. The Balaban J connectivity index is 2.12. The average molecular weight is 449 g/mol. The van der Waals surface area contributed by atoms with Crippen LogP contribution in [0.4, 0.5) is 0 Å². The molecule has 1 aliphatic heterocycles. The number of unbranched alkanes of at least 4 members (excludes halogenated alkanes) is 2. The molecule has 0 bridgehead atoms. The summed E-state index contributed by atoms with van der Waals surface area (Å²) < 4.78 is 4.43. The first kappa shape index (κ1) is 23.9. The van der Waals surface area contributed by atoms with Crippen molar-refractivity contribution in [1.29, 1.82) is 0 Å². The van der Waals surface area contributed by atoms with Crippen molar-refractivity contribution in [3.8, 4) is 0 Å². The predicted octanol–water partition coefficient (Wildman–Crippen LogP) is 6.36. The third-order valence-corrected chi connectivity index (χ3v) is 8.09. The molecule has 0 spiro atoms. The number of aromatic nitrogens is 3. The van der Waals surface area contributed by atoms with Gasteiger partial charge in [-0.1, -0.05) is 74.7 Å². The van der Waals surface area contributed by atoms with Gasteiger partial charge < -0.3 is 0 Å². The molecule has 0 radical (unpaired) electrons. The lowest BCUT2D eigenvalue weighted by Crippen LogP contribution is -2.51. The largest absolute Gasteiger partial charge is 0.338 e. The van der Waals surface area contributed by atoms with Gasteiger partial charge in [-0.05, 0) is 30.9 Å². The summed E-state index contributed by atoms with van der Waals surface area (Å²) in [6.07, 6.45) is 9.59. The Morgan fingerprint density at radius 1 is 1.06 bits per heavy atom. The van der Waals surface area contributed by atoms with Crippen molar-refractivity contribution in [3.63, 3.8) is 0 Å². The van der Waals surface area contributed by atoms with Gasteiger partial charge in [0.1, 0.15) is 11.2 Å². The van der Waals surface area contributed by atoms with E-state index in [1.54, 1.807) is 0 Å². The second-order valence-electron chi connectivity index (χ2n) is 11.8. The molecule has 4 rings (SSSR count). The Bertz CT molecular complexity index is 1260. The van der Waals surface area contributed by atoms with Crippen LogP contribution in [0.2, 0.25) is 0 Å². The van der Waals surface area contributed by atoms with Crippen molar-refractivity contribution in [2.75, 3.05) is 0 Å². The van der Waals surface area contributed by atoms with E-state index in [0.29, 0.717) is 0 Å². The second-order valence-corrected chi connectivity index (χ2v) is 11.8. The van der Waals surface area contributed by atoms with Crippen LogP contribution in [0.3, 0.4) is 0 Å². The number of hydrogen-bond donors (Lipinski definition) is 0. The van der Waals surface area contributed by atoms with E-state index in [4.69, 9.17) is 4.98 Å². The van der Waals surface area contributed by atoms with E-state index in [0.717, 1.165) is 53.6 Å². The standard InChI is InChI=1S/C29H42N3O/c1-9-12-13-15-28(7,8)23-18-24(33)32-26-25-20(19-29(32,10-2)11-3)17-22(27(4,5)6)30-21(25)14-16-31(23)26/h14,16-18H,9-13,15,19H2,1-8H3/q+1. The fourth-order valence-corrected chi connectivity index (χ4v) is 5.80. The van der Waals surface area contributed by atoms with Crippen LogP contribution in [0, 0.1) is 0 Å². The molecule has 0 amide bonds. The molecule has 178 valence electrons. The summed E-state index contributed by atoms with van der Waals surface area (Å²) in [5, 5.41) is 1.16. The number of rotatable bonds is 7. The molecular formula is C29H42N3O+. The van der Waals surface area contributed by atoms with E-state index < -0.39 is 0 Å². The van der Waals surface area contributed by atoms with E-state index in [1.807, 2.05) is 6.07 Å². The predicted molar refractivity (Wildman–Crippen MR) is 137 cm³/mol. The SMILES string of the molecule is CCCCCC(C)(C)c1cc(=O)n2c3c4c(cc(C(C)(C)C)nc4cc[n+]13)CC2(CC)CC. The Hall–Kier alpha value is -2.23. The smallest absolute Gasteiger partial charge is 0.252 e. The highest BCUT2D eigenvalue weighted by Crippen LogP contribution is 2.40. The summed E-state index contributed by atoms with van der Waals surface area (Å²) in [7, 11) is 0. The minimum absolute atomic E-state index is 0.0197. The lowest BCUT2D eigenvalue weighted by atomic mass is 9.79. The maximum Gasteiger partial charge on any atom is 0.338 e. The Morgan fingerprint density at radius 3 is 2.36 bits per heavy atom. The molecule has 0 aromatic carbocycles. The van der Waals surface area contributed by atoms with E-state index in [-0.39, 0.29) is 21.9 Å². The molecule has 3 aromatic heterocycles. The normalized spacial score (nSPS) is 15.6. The van der Waals surface area contributed by atoms with Crippen LogP contribution in [0.15, 0.2) is 29.2 Å². The lowest BCUT2D eigenvalue weighted by molar-refractivity contribution is -0.531. The fraction of sp³-hybridized carbons (Fsp3) is 0.621. The van der Waals surface area contributed by atoms with Gasteiger partial charge in [-0.2, -0.15) is 4.57 Å². The molecule has 1 aliphatic rings. The molecular weight excluding hydrogens is 406 g/mol. The van der Waals surface area contributed by atoms with Crippen LogP contribution < -0.4 is 9.96 Å². The Morgan fingerprint density at radius 2 is 1.76 bits per heavy atom. The van der Waals surface area contributed by atoms with Crippen molar-refractivity contribution in [1.82, 2.24) is 9.55 Å². The second kappa shape index (κ2) is 8.21. The molecule has 0 fully saturated rings. The Labute approximate surface area is 199 Å². The van der Waals surface area contributed by atoms with Gasteiger partial charge in [-0.15, -0.1) is 0 Å². The van der Waals surface area contributed by atoms with Gasteiger partial charge in [-0.25, -0.2) is 9.20 Å². The molecule has 0 saturated carbocycles. The zero-order valence-corrected chi connectivity index (χ0v) is 22.0. The molecule has 0 atom stereocenters. The highest BCUT2D eigenvalue weighted by atomic mass is 16.1. The maximum atomic E-state index is 13.8. The highest BCUT2D eigenvalue weighted by molar-refractivity contribution is 5.93. The lowest BCUT2D eigenvalue weighted by Gasteiger charge is -2.35. The van der Waals surface area contributed by atoms with Crippen LogP contribution in [0.5, 0.6) is 0 Å². The molecule has 0 unspecified atom stereocenters. The summed E-state index contributed by atoms with van der Waals surface area (Å²) in [6.45, 7) is 18.0. The summed E-state index contributed by atoms with van der Waals surface area (Å²) >= 11 is 0. The zero-order chi connectivity index (χ0) is 24.2. The third-order valence-electron chi connectivity index (χ3n) is 8.09. The molecule has 4 nitrogen and oxygen atoms in total. The minimum Gasteiger partial charge on any atom is -0.252 e. The van der Waals surface area contributed by atoms with E-state index in [2.05, 4.69) is 82.7 Å². The van der Waals surface area contributed by atoms with Crippen molar-refractivity contribution < 1.29 is 4.40 Å². The van der Waals surface area contributed by atoms with Gasteiger partial charge in [0, 0.05) is 29.0 Å². The number of nitrogens with zero attached hydrogens (tertiary/aromatic N) is 3. The summed E-state index contributed by atoms with van der Waals surface area (Å²) in [4.78, 5) is 18.9. The van der Waals surface area contributed by atoms with E-state index in [1.165, 1.54) is 24.8 Å². The summed E-state index contributed by atoms with van der Waals surface area (Å²) in [5.74, 6) is 0. The maximum absolute atomic E-state index is 13.8. The molecule has 0 N–H and O–H groups in total. The first-order chi connectivity index (χ1) is 15.5. The molecule has 4 heterocycles.